The van der Waals surface area contributed by atoms with E-state index in [1.54, 1.807) is 24.3 Å². The van der Waals surface area contributed by atoms with Crippen molar-refractivity contribution >= 4 is 5.91 Å². The molecule has 0 saturated heterocycles. The van der Waals surface area contributed by atoms with Gasteiger partial charge in [-0.05, 0) is 38.4 Å². The first-order chi connectivity index (χ1) is 11.0. The SMILES string of the molecule is CN(C)CC(O)COc1ccccc1.NC(=O)c1ccccc1. The third kappa shape index (κ3) is 8.60. The minimum absolute atomic E-state index is 0.336. The minimum atomic E-state index is -0.440. The lowest BCUT2D eigenvalue weighted by Gasteiger charge is -2.16. The molecule has 1 atom stereocenters. The van der Waals surface area contributed by atoms with Gasteiger partial charge in [-0.1, -0.05) is 36.4 Å². The van der Waals surface area contributed by atoms with Crippen LogP contribution in [0.5, 0.6) is 5.75 Å². The maximum atomic E-state index is 10.4. The molecule has 0 radical (unpaired) electrons. The first-order valence-corrected chi connectivity index (χ1v) is 7.34. The number of likely N-dealkylation sites (N-methyl/N-ethyl adjacent to an activating group) is 1. The molecule has 3 N–H and O–H groups in total. The molecule has 0 heterocycles. The summed E-state index contributed by atoms with van der Waals surface area (Å²) in [5.74, 6) is 0.418. The topological polar surface area (TPSA) is 75.8 Å². The molecule has 0 saturated carbocycles. The number of aliphatic hydroxyl groups excluding tert-OH is 1. The Hall–Kier alpha value is -2.37. The number of benzene rings is 2. The van der Waals surface area contributed by atoms with Crippen molar-refractivity contribution in [2.24, 2.45) is 5.73 Å². The highest BCUT2D eigenvalue weighted by atomic mass is 16.5. The number of hydrogen-bond acceptors (Lipinski definition) is 4. The third-order valence-electron chi connectivity index (χ3n) is 2.82. The second-order valence-electron chi connectivity index (χ2n) is 5.27. The number of carbonyl (C=O) groups excluding carboxylic acids is 1. The van der Waals surface area contributed by atoms with Gasteiger partial charge in [-0.15, -0.1) is 0 Å². The average molecular weight is 316 g/mol. The van der Waals surface area contributed by atoms with Crippen molar-refractivity contribution in [1.29, 1.82) is 0 Å². The van der Waals surface area contributed by atoms with Crippen LogP contribution in [-0.2, 0) is 0 Å². The zero-order chi connectivity index (χ0) is 17.1. The van der Waals surface area contributed by atoms with E-state index < -0.39 is 6.10 Å². The second-order valence-corrected chi connectivity index (χ2v) is 5.27. The molecular formula is C18H24N2O3. The Bertz CT molecular complexity index is 559. The number of amides is 1. The summed E-state index contributed by atoms with van der Waals surface area (Å²) in [7, 11) is 3.84. The van der Waals surface area contributed by atoms with Crippen molar-refractivity contribution in [3.8, 4) is 5.75 Å². The molecule has 0 aliphatic rings. The Morgan fingerprint density at radius 3 is 2.04 bits per heavy atom. The van der Waals surface area contributed by atoms with Gasteiger partial charge in [0.25, 0.3) is 0 Å². The van der Waals surface area contributed by atoms with Crippen LogP contribution < -0.4 is 10.5 Å². The van der Waals surface area contributed by atoms with Crippen molar-refractivity contribution in [1.82, 2.24) is 4.90 Å². The fourth-order valence-electron chi connectivity index (χ4n) is 1.79. The monoisotopic (exact) mass is 316 g/mol. The Labute approximate surface area is 137 Å². The lowest BCUT2D eigenvalue weighted by Crippen LogP contribution is -2.30. The zero-order valence-corrected chi connectivity index (χ0v) is 13.6. The van der Waals surface area contributed by atoms with Crippen LogP contribution in [0.25, 0.3) is 0 Å². The predicted octanol–water partition coefficient (Wildman–Crippen LogP) is 1.77. The minimum Gasteiger partial charge on any atom is -0.491 e. The van der Waals surface area contributed by atoms with Crippen LogP contribution in [0.3, 0.4) is 0 Å². The standard InChI is InChI=1S/C11H17NO2.C7H7NO/c1-12(2)8-10(13)9-14-11-6-4-3-5-7-11;8-7(9)6-4-2-1-3-5-6/h3-7,10,13H,8-9H2,1-2H3;1-5H,(H2,8,9). The highest BCUT2D eigenvalue weighted by Gasteiger charge is 2.05. The molecule has 2 aromatic carbocycles. The van der Waals surface area contributed by atoms with Crippen molar-refractivity contribution in [3.05, 3.63) is 66.2 Å². The van der Waals surface area contributed by atoms with Gasteiger partial charge in [0.05, 0.1) is 0 Å². The van der Waals surface area contributed by atoms with Gasteiger partial charge in [0.2, 0.25) is 5.91 Å². The highest BCUT2D eigenvalue weighted by Crippen LogP contribution is 2.08. The molecule has 2 rings (SSSR count). The van der Waals surface area contributed by atoms with E-state index in [1.807, 2.05) is 55.4 Å². The number of para-hydroxylation sites is 1. The molecule has 5 heteroatoms. The van der Waals surface area contributed by atoms with Gasteiger partial charge in [0.1, 0.15) is 18.5 Å². The van der Waals surface area contributed by atoms with Gasteiger partial charge in [0.15, 0.2) is 0 Å². The van der Waals surface area contributed by atoms with Crippen LogP contribution in [-0.4, -0.2) is 49.3 Å². The molecule has 2 aromatic rings. The summed E-state index contributed by atoms with van der Waals surface area (Å²) >= 11 is 0. The van der Waals surface area contributed by atoms with Crippen LogP contribution in [0.1, 0.15) is 10.4 Å². The maximum absolute atomic E-state index is 10.4. The van der Waals surface area contributed by atoms with Gasteiger partial charge in [-0.25, -0.2) is 0 Å². The van der Waals surface area contributed by atoms with E-state index >= 15 is 0 Å². The number of hydrogen-bond donors (Lipinski definition) is 2. The molecule has 0 fully saturated rings. The van der Waals surface area contributed by atoms with E-state index in [-0.39, 0.29) is 5.91 Å². The van der Waals surface area contributed by atoms with Gasteiger partial charge >= 0.3 is 0 Å². The normalized spacial score (nSPS) is 11.3. The van der Waals surface area contributed by atoms with Crippen LogP contribution in [0.2, 0.25) is 0 Å². The fraction of sp³-hybridized carbons (Fsp3) is 0.278. The van der Waals surface area contributed by atoms with E-state index in [4.69, 9.17) is 10.5 Å². The van der Waals surface area contributed by atoms with Gasteiger partial charge < -0.3 is 20.5 Å². The lowest BCUT2D eigenvalue weighted by molar-refractivity contribution is 0.0831. The summed E-state index contributed by atoms with van der Waals surface area (Å²) in [6.45, 7) is 0.953. The number of primary amides is 1. The largest absolute Gasteiger partial charge is 0.491 e. The van der Waals surface area contributed by atoms with Gasteiger partial charge in [0, 0.05) is 12.1 Å². The van der Waals surface area contributed by atoms with Gasteiger partial charge in [-0.2, -0.15) is 0 Å². The predicted molar refractivity (Wildman–Crippen MR) is 91.5 cm³/mol. The Kier molecular flexibility index (Phi) is 8.42. The van der Waals surface area contributed by atoms with Gasteiger partial charge in [-0.3, -0.25) is 4.79 Å². The van der Waals surface area contributed by atoms with Crippen molar-refractivity contribution < 1.29 is 14.6 Å². The molecule has 0 bridgehead atoms. The molecule has 1 amide bonds. The molecule has 0 aliphatic heterocycles. The smallest absolute Gasteiger partial charge is 0.248 e. The highest BCUT2D eigenvalue weighted by molar-refractivity contribution is 5.92. The summed E-state index contributed by atoms with van der Waals surface area (Å²) in [4.78, 5) is 12.4. The van der Waals surface area contributed by atoms with Crippen molar-refractivity contribution in [2.45, 2.75) is 6.10 Å². The first-order valence-electron chi connectivity index (χ1n) is 7.34. The summed E-state index contributed by atoms with van der Waals surface area (Å²) in [5.41, 5.74) is 5.53. The molecule has 23 heavy (non-hydrogen) atoms. The van der Waals surface area contributed by atoms with Crippen LogP contribution in [0.15, 0.2) is 60.7 Å². The third-order valence-corrected chi connectivity index (χ3v) is 2.82. The number of nitrogens with zero attached hydrogens (tertiary/aromatic N) is 1. The molecule has 0 aromatic heterocycles. The zero-order valence-electron chi connectivity index (χ0n) is 13.6. The number of rotatable bonds is 6. The molecule has 1 unspecified atom stereocenters. The summed E-state index contributed by atoms with van der Waals surface area (Å²) in [6.07, 6.45) is -0.440. The number of carbonyl (C=O) groups is 1. The fourth-order valence-corrected chi connectivity index (χ4v) is 1.79. The number of ether oxygens (including phenoxy) is 1. The van der Waals surface area contributed by atoms with Crippen molar-refractivity contribution in [2.75, 3.05) is 27.2 Å². The van der Waals surface area contributed by atoms with Crippen LogP contribution >= 0.6 is 0 Å². The molecular weight excluding hydrogens is 292 g/mol. The van der Waals surface area contributed by atoms with E-state index in [2.05, 4.69) is 0 Å². The lowest BCUT2D eigenvalue weighted by atomic mass is 10.2. The van der Waals surface area contributed by atoms with E-state index in [0.29, 0.717) is 18.7 Å². The summed E-state index contributed by atoms with van der Waals surface area (Å²) in [5, 5.41) is 9.51. The summed E-state index contributed by atoms with van der Waals surface area (Å²) in [6, 6.07) is 18.3. The number of nitrogens with two attached hydrogens (primary N) is 1. The quantitative estimate of drug-likeness (QED) is 0.852. The Balaban J connectivity index is 0.000000253. The molecule has 0 spiro atoms. The van der Waals surface area contributed by atoms with Crippen molar-refractivity contribution in [3.63, 3.8) is 0 Å². The number of aliphatic hydroxyl groups is 1. The molecule has 5 nitrogen and oxygen atoms in total. The molecule has 0 aliphatic carbocycles. The van der Waals surface area contributed by atoms with E-state index in [9.17, 15) is 9.90 Å². The Morgan fingerprint density at radius 1 is 1.09 bits per heavy atom. The van der Waals surface area contributed by atoms with E-state index in [1.165, 1.54) is 0 Å². The summed E-state index contributed by atoms with van der Waals surface area (Å²) < 4.78 is 5.39. The van der Waals surface area contributed by atoms with E-state index in [0.717, 1.165) is 5.75 Å². The molecule has 124 valence electrons. The van der Waals surface area contributed by atoms with Crippen LogP contribution in [0.4, 0.5) is 0 Å². The second kappa shape index (κ2) is 10.4. The Morgan fingerprint density at radius 2 is 1.61 bits per heavy atom. The first kappa shape index (κ1) is 18.7. The average Bonchev–Trinajstić information content (AvgIpc) is 2.55. The van der Waals surface area contributed by atoms with Crippen LogP contribution in [0, 0.1) is 0 Å². The maximum Gasteiger partial charge on any atom is 0.248 e.